The minimum atomic E-state index is 0.958. The molecule has 2 nitrogen and oxygen atoms in total. The molecule has 0 bridgehead atoms. The van der Waals surface area contributed by atoms with Gasteiger partial charge in [0.05, 0.1) is 5.52 Å². The van der Waals surface area contributed by atoms with Crippen molar-refractivity contribution in [2.45, 2.75) is 0 Å². The summed E-state index contributed by atoms with van der Waals surface area (Å²) in [5.41, 5.74) is 3.16. The summed E-state index contributed by atoms with van der Waals surface area (Å²) >= 11 is 0. The van der Waals surface area contributed by atoms with Gasteiger partial charge in [0, 0.05) is 27.1 Å². The van der Waals surface area contributed by atoms with Crippen molar-refractivity contribution >= 4 is 43.6 Å². The van der Waals surface area contributed by atoms with Crippen LogP contribution in [0.5, 0.6) is 0 Å². The van der Waals surface area contributed by atoms with E-state index in [1.165, 1.54) is 26.9 Å². The average Bonchev–Trinajstić information content (AvgIpc) is 2.90. The summed E-state index contributed by atoms with van der Waals surface area (Å²) in [6.45, 7) is 0. The van der Waals surface area contributed by atoms with Gasteiger partial charge in [-0.2, -0.15) is 0 Å². The van der Waals surface area contributed by atoms with Crippen molar-refractivity contribution in [1.29, 1.82) is 0 Å². The summed E-state index contributed by atoms with van der Waals surface area (Å²) < 4.78 is 0. The molecule has 2 aromatic heterocycles. The van der Waals surface area contributed by atoms with Crippen LogP contribution in [0, 0.1) is 0 Å². The van der Waals surface area contributed by atoms with Gasteiger partial charge in [-0.25, -0.2) is 4.98 Å². The molecule has 2 heterocycles. The summed E-state index contributed by atoms with van der Waals surface area (Å²) in [6, 6.07) is 23.3. The van der Waals surface area contributed by atoms with Gasteiger partial charge in [-0.15, -0.1) is 0 Å². The highest BCUT2D eigenvalue weighted by Gasteiger charge is 2.08. The van der Waals surface area contributed by atoms with Gasteiger partial charge in [0.2, 0.25) is 0 Å². The van der Waals surface area contributed by atoms with E-state index in [0.717, 1.165) is 16.7 Å². The molecule has 5 aromatic rings. The third-order valence-corrected chi connectivity index (χ3v) is 4.18. The lowest BCUT2D eigenvalue weighted by Gasteiger charge is -2.03. The first-order chi connectivity index (χ1) is 10.4. The first-order valence-electron chi connectivity index (χ1n) is 7.09. The highest BCUT2D eigenvalue weighted by molar-refractivity contribution is 6.13. The van der Waals surface area contributed by atoms with E-state index in [4.69, 9.17) is 4.98 Å². The van der Waals surface area contributed by atoms with Crippen molar-refractivity contribution in [3.63, 3.8) is 0 Å². The zero-order valence-electron chi connectivity index (χ0n) is 11.3. The lowest BCUT2D eigenvalue weighted by atomic mass is 10.0. The van der Waals surface area contributed by atoms with Crippen LogP contribution in [0.15, 0.2) is 66.7 Å². The van der Waals surface area contributed by atoms with Crippen molar-refractivity contribution in [2.75, 3.05) is 0 Å². The van der Waals surface area contributed by atoms with E-state index in [9.17, 15) is 0 Å². The third kappa shape index (κ3) is 1.44. The zero-order valence-corrected chi connectivity index (χ0v) is 11.3. The monoisotopic (exact) mass is 268 g/mol. The summed E-state index contributed by atoms with van der Waals surface area (Å²) in [5.74, 6) is 0. The number of rotatable bonds is 0. The Morgan fingerprint density at radius 3 is 2.38 bits per heavy atom. The van der Waals surface area contributed by atoms with Gasteiger partial charge in [-0.05, 0) is 17.5 Å². The van der Waals surface area contributed by atoms with E-state index < -0.39 is 0 Å². The van der Waals surface area contributed by atoms with Gasteiger partial charge in [-0.1, -0.05) is 54.6 Å². The Kier molecular flexibility index (Phi) is 1.98. The number of hydrogen-bond donors (Lipinski definition) is 1. The molecule has 0 aliphatic carbocycles. The molecule has 98 valence electrons. The highest BCUT2D eigenvalue weighted by atomic mass is 14.9. The number of para-hydroxylation sites is 1. The predicted octanol–water partition coefficient (Wildman–Crippen LogP) is 5.02. The molecule has 0 unspecified atom stereocenters. The minimum Gasteiger partial charge on any atom is -0.339 e. The fourth-order valence-electron chi connectivity index (χ4n) is 3.16. The van der Waals surface area contributed by atoms with Gasteiger partial charge in [0.25, 0.3) is 0 Å². The number of aromatic amines is 1. The predicted molar refractivity (Wildman–Crippen MR) is 88.6 cm³/mol. The highest BCUT2D eigenvalue weighted by Crippen LogP contribution is 2.30. The molecule has 21 heavy (non-hydrogen) atoms. The van der Waals surface area contributed by atoms with E-state index in [0.29, 0.717) is 0 Å². The summed E-state index contributed by atoms with van der Waals surface area (Å²) in [5, 5.41) is 6.04. The second kappa shape index (κ2) is 3.83. The third-order valence-electron chi connectivity index (χ3n) is 4.18. The average molecular weight is 268 g/mol. The summed E-state index contributed by atoms with van der Waals surface area (Å²) in [6.07, 6.45) is 0. The molecule has 0 aliphatic heterocycles. The molecular formula is C19H12N2. The molecular weight excluding hydrogens is 256 g/mol. The van der Waals surface area contributed by atoms with Crippen molar-refractivity contribution in [1.82, 2.24) is 9.97 Å². The number of aromatic nitrogens is 2. The first-order valence-corrected chi connectivity index (χ1v) is 7.09. The molecule has 0 amide bonds. The maximum Gasteiger partial charge on any atom is 0.139 e. The minimum absolute atomic E-state index is 0.958. The Hall–Kier alpha value is -2.87. The number of H-pyrrole nitrogens is 1. The molecule has 0 saturated heterocycles. The van der Waals surface area contributed by atoms with Gasteiger partial charge >= 0.3 is 0 Å². The summed E-state index contributed by atoms with van der Waals surface area (Å²) in [4.78, 5) is 8.31. The fraction of sp³-hybridized carbons (Fsp3) is 0. The Bertz CT molecular complexity index is 1140. The van der Waals surface area contributed by atoms with Crippen molar-refractivity contribution in [2.24, 2.45) is 0 Å². The molecule has 5 rings (SSSR count). The Morgan fingerprint density at radius 1 is 0.667 bits per heavy atom. The lowest BCUT2D eigenvalue weighted by Crippen LogP contribution is -1.83. The second-order valence-electron chi connectivity index (χ2n) is 5.41. The Labute approximate surface area is 121 Å². The molecule has 0 spiro atoms. The second-order valence-corrected chi connectivity index (χ2v) is 5.41. The van der Waals surface area contributed by atoms with Crippen LogP contribution >= 0.6 is 0 Å². The number of pyridine rings is 1. The Morgan fingerprint density at radius 2 is 1.43 bits per heavy atom. The SMILES string of the molecule is c1ccc2c(c1)ccc1cc3c(nc12)[nH]c1ccccc13. The van der Waals surface area contributed by atoms with Crippen molar-refractivity contribution in [3.8, 4) is 0 Å². The lowest BCUT2D eigenvalue weighted by molar-refractivity contribution is 1.41. The molecule has 3 aromatic carbocycles. The standard InChI is InChI=1S/C19H12N2/c1-2-6-14-12(5-1)9-10-13-11-16-15-7-3-4-8-17(15)20-19(16)21-18(13)14/h1-11H,(H,20,21). The van der Waals surface area contributed by atoms with Crippen LogP contribution < -0.4 is 0 Å². The zero-order chi connectivity index (χ0) is 13.8. The topological polar surface area (TPSA) is 28.7 Å². The number of nitrogens with one attached hydrogen (secondary N) is 1. The van der Waals surface area contributed by atoms with E-state index in [-0.39, 0.29) is 0 Å². The largest absolute Gasteiger partial charge is 0.339 e. The maximum atomic E-state index is 4.89. The van der Waals surface area contributed by atoms with Crippen LogP contribution in [0.4, 0.5) is 0 Å². The van der Waals surface area contributed by atoms with E-state index in [2.05, 4.69) is 65.6 Å². The van der Waals surface area contributed by atoms with Crippen LogP contribution in [-0.2, 0) is 0 Å². The molecule has 2 heteroatoms. The normalized spacial score (nSPS) is 11.8. The quantitative estimate of drug-likeness (QED) is 0.392. The van der Waals surface area contributed by atoms with Gasteiger partial charge in [0.15, 0.2) is 0 Å². The van der Waals surface area contributed by atoms with E-state index >= 15 is 0 Å². The molecule has 0 saturated carbocycles. The van der Waals surface area contributed by atoms with Gasteiger partial charge in [-0.3, -0.25) is 0 Å². The maximum absolute atomic E-state index is 4.89. The number of nitrogens with zero attached hydrogens (tertiary/aromatic N) is 1. The van der Waals surface area contributed by atoms with Crippen molar-refractivity contribution < 1.29 is 0 Å². The van der Waals surface area contributed by atoms with Crippen LogP contribution in [0.1, 0.15) is 0 Å². The molecule has 0 radical (unpaired) electrons. The van der Waals surface area contributed by atoms with E-state index in [1.807, 2.05) is 6.07 Å². The molecule has 0 fully saturated rings. The number of fused-ring (bicyclic) bond motifs is 6. The number of benzene rings is 3. The molecule has 1 N–H and O–H groups in total. The van der Waals surface area contributed by atoms with Gasteiger partial charge < -0.3 is 4.98 Å². The first kappa shape index (κ1) is 10.9. The van der Waals surface area contributed by atoms with Crippen LogP contribution in [0.2, 0.25) is 0 Å². The van der Waals surface area contributed by atoms with Crippen LogP contribution in [0.3, 0.4) is 0 Å². The van der Waals surface area contributed by atoms with E-state index in [1.54, 1.807) is 0 Å². The molecule has 0 aliphatic rings. The smallest absolute Gasteiger partial charge is 0.139 e. The molecule has 0 atom stereocenters. The van der Waals surface area contributed by atoms with Gasteiger partial charge in [0.1, 0.15) is 5.65 Å². The Balaban J connectivity index is 2.04. The van der Waals surface area contributed by atoms with Crippen LogP contribution in [-0.4, -0.2) is 9.97 Å². The van der Waals surface area contributed by atoms with Crippen LogP contribution in [0.25, 0.3) is 43.6 Å². The number of hydrogen-bond acceptors (Lipinski definition) is 1. The fourth-order valence-corrected chi connectivity index (χ4v) is 3.16. The van der Waals surface area contributed by atoms with Crippen molar-refractivity contribution in [3.05, 3.63) is 66.7 Å². The summed E-state index contributed by atoms with van der Waals surface area (Å²) in [7, 11) is 0.